The fourth-order valence-corrected chi connectivity index (χ4v) is 2.00. The Morgan fingerprint density at radius 2 is 2.16 bits per heavy atom. The summed E-state index contributed by atoms with van der Waals surface area (Å²) in [7, 11) is 3.59. The van der Waals surface area contributed by atoms with Gasteiger partial charge in [0.15, 0.2) is 0 Å². The Bertz CT molecular complexity index is 385. The second-order valence-electron chi connectivity index (χ2n) is 4.45. The van der Waals surface area contributed by atoms with Gasteiger partial charge >= 0.3 is 0 Å². The Kier molecular flexibility index (Phi) is 6.27. The summed E-state index contributed by atoms with van der Waals surface area (Å²) in [5.74, 6) is 11.0. The van der Waals surface area contributed by atoms with E-state index in [1.807, 2.05) is 13.1 Å². The van der Waals surface area contributed by atoms with Crippen molar-refractivity contribution in [3.05, 3.63) is 29.3 Å². The molecule has 0 heterocycles. The molecule has 1 aromatic rings. The zero-order valence-electron chi connectivity index (χ0n) is 11.4. The number of carbonyl (C=O) groups is 1. The number of anilines is 1. The predicted octanol–water partition coefficient (Wildman–Crippen LogP) is 0.626. The first-order valence-electron chi connectivity index (χ1n) is 6.14. The largest absolute Gasteiger partial charge is 0.380 e. The number of hydrogen-bond acceptors (Lipinski definition) is 5. The van der Waals surface area contributed by atoms with Crippen molar-refractivity contribution < 1.29 is 9.53 Å². The van der Waals surface area contributed by atoms with Crippen LogP contribution in [-0.4, -0.2) is 20.6 Å². The molecule has 1 saturated carbocycles. The van der Waals surface area contributed by atoms with Gasteiger partial charge in [-0.3, -0.25) is 10.2 Å². The van der Waals surface area contributed by atoms with Crippen LogP contribution in [0.3, 0.4) is 0 Å². The van der Waals surface area contributed by atoms with Crippen LogP contribution in [0, 0.1) is 0 Å². The number of methoxy groups -OCH3 is 1. The Morgan fingerprint density at radius 1 is 1.53 bits per heavy atom. The lowest BCUT2D eigenvalue weighted by Gasteiger charge is -2.19. The molecule has 6 nitrogen and oxygen atoms in total. The number of ether oxygens (including phenoxy) is 1. The van der Waals surface area contributed by atoms with Crippen LogP contribution >= 0.6 is 0 Å². The van der Waals surface area contributed by atoms with E-state index in [4.69, 9.17) is 15.4 Å². The molecule has 1 fully saturated rings. The molecule has 19 heavy (non-hydrogen) atoms. The monoisotopic (exact) mass is 266 g/mol. The molecular formula is C13H22N4O2. The molecule has 0 bridgehead atoms. The highest BCUT2D eigenvalue weighted by Gasteiger charge is 2.27. The van der Waals surface area contributed by atoms with Gasteiger partial charge in [-0.15, -0.1) is 0 Å². The summed E-state index contributed by atoms with van der Waals surface area (Å²) in [6.45, 7) is 0.642. The number of nitrogens with zero attached hydrogens (tertiary/aromatic N) is 1. The van der Waals surface area contributed by atoms with Crippen molar-refractivity contribution >= 4 is 12.1 Å². The highest BCUT2D eigenvalue weighted by atomic mass is 16.5. The highest BCUT2D eigenvalue weighted by molar-refractivity contribution is 5.56. The molecule has 0 aliphatic heterocycles. The third-order valence-corrected chi connectivity index (χ3v) is 2.94. The minimum absolute atomic E-state index is 0.403. The third kappa shape index (κ3) is 4.51. The predicted molar refractivity (Wildman–Crippen MR) is 75.1 cm³/mol. The summed E-state index contributed by atoms with van der Waals surface area (Å²) in [5, 5.41) is 1.67. The Balaban J connectivity index is 0.000000399. The van der Waals surface area contributed by atoms with Gasteiger partial charge in [-0.1, -0.05) is 12.1 Å². The zero-order chi connectivity index (χ0) is 14.3. The molecule has 5 N–H and O–H groups in total. The molecule has 1 aliphatic rings. The molecule has 0 radical (unpaired) electrons. The topological polar surface area (TPSA) is 93.6 Å². The Hall–Kier alpha value is -1.63. The summed E-state index contributed by atoms with van der Waals surface area (Å²) in [6, 6.07) is 6.31. The number of benzene rings is 1. The molecule has 0 aromatic heterocycles. The minimum atomic E-state index is 0.403. The molecule has 0 atom stereocenters. The number of hydrogen-bond donors (Lipinski definition) is 3. The van der Waals surface area contributed by atoms with Crippen LogP contribution in [0.15, 0.2) is 18.2 Å². The van der Waals surface area contributed by atoms with E-state index in [2.05, 4.69) is 18.0 Å². The van der Waals surface area contributed by atoms with Gasteiger partial charge in [0.1, 0.15) is 0 Å². The fraction of sp³-hybridized carbons (Fsp3) is 0.462. The van der Waals surface area contributed by atoms with E-state index in [0.29, 0.717) is 13.0 Å². The van der Waals surface area contributed by atoms with E-state index >= 15 is 0 Å². The average molecular weight is 266 g/mol. The second-order valence-corrected chi connectivity index (χ2v) is 4.45. The van der Waals surface area contributed by atoms with Gasteiger partial charge in [0, 0.05) is 19.7 Å². The van der Waals surface area contributed by atoms with Crippen LogP contribution in [0.2, 0.25) is 0 Å². The maximum absolute atomic E-state index is 8.94. The molecule has 0 spiro atoms. The van der Waals surface area contributed by atoms with Crippen molar-refractivity contribution in [2.75, 3.05) is 19.2 Å². The smallest absolute Gasteiger partial charge is 0.221 e. The average Bonchev–Trinajstić information content (AvgIpc) is 3.24. The number of hydrazine groups is 2. The van der Waals surface area contributed by atoms with Crippen molar-refractivity contribution in [2.45, 2.75) is 25.4 Å². The van der Waals surface area contributed by atoms with Crippen LogP contribution in [0.4, 0.5) is 5.69 Å². The number of carbonyl (C=O) groups excluding carboxylic acids is 1. The summed E-state index contributed by atoms with van der Waals surface area (Å²) in [6.07, 6.45) is 3.00. The highest BCUT2D eigenvalue weighted by Crippen LogP contribution is 2.43. The molecule has 0 saturated heterocycles. The summed E-state index contributed by atoms with van der Waals surface area (Å²) in [4.78, 5) is 8.94. The van der Waals surface area contributed by atoms with Crippen molar-refractivity contribution in [3.8, 4) is 0 Å². The van der Waals surface area contributed by atoms with Crippen LogP contribution in [0.1, 0.15) is 29.9 Å². The summed E-state index contributed by atoms with van der Waals surface area (Å²) < 4.78 is 5.26. The van der Waals surface area contributed by atoms with E-state index in [-0.39, 0.29) is 0 Å². The SMILES string of the molecule is COCc1c(C2CC2)cccc1N(C)N.NNC=O. The molecule has 6 heteroatoms. The lowest BCUT2D eigenvalue weighted by molar-refractivity contribution is -0.109. The maximum Gasteiger partial charge on any atom is 0.221 e. The molecule has 1 aromatic carbocycles. The van der Waals surface area contributed by atoms with Crippen molar-refractivity contribution in [2.24, 2.45) is 11.7 Å². The molecule has 0 unspecified atom stereocenters. The Morgan fingerprint density at radius 3 is 2.58 bits per heavy atom. The van der Waals surface area contributed by atoms with Crippen molar-refractivity contribution in [1.82, 2.24) is 5.43 Å². The van der Waals surface area contributed by atoms with Crippen LogP contribution < -0.4 is 22.1 Å². The molecular weight excluding hydrogens is 244 g/mol. The van der Waals surface area contributed by atoms with Gasteiger partial charge in [0.25, 0.3) is 0 Å². The quantitative estimate of drug-likeness (QED) is 0.314. The van der Waals surface area contributed by atoms with E-state index in [0.717, 1.165) is 11.6 Å². The third-order valence-electron chi connectivity index (χ3n) is 2.94. The standard InChI is InChI=1S/C12H18N2O.CH4N2O/c1-14(13)12-5-3-4-10(9-6-7-9)11(12)8-15-2;2-3-1-4/h3-5,9H,6-8,13H2,1-2H3;1H,2H2,(H,3,4). The number of rotatable bonds is 5. The van der Waals surface area contributed by atoms with Gasteiger partial charge in [-0.25, -0.2) is 11.7 Å². The van der Waals surface area contributed by atoms with Crippen molar-refractivity contribution in [3.63, 3.8) is 0 Å². The summed E-state index contributed by atoms with van der Waals surface area (Å²) >= 11 is 0. The fourth-order valence-electron chi connectivity index (χ4n) is 2.00. The second kappa shape index (κ2) is 7.73. The lowest BCUT2D eigenvalue weighted by Crippen LogP contribution is -2.26. The number of amides is 1. The number of nitrogens with one attached hydrogen (secondary N) is 1. The minimum Gasteiger partial charge on any atom is -0.380 e. The van der Waals surface area contributed by atoms with Gasteiger partial charge in [-0.2, -0.15) is 0 Å². The first-order chi connectivity index (χ1) is 9.15. The van der Waals surface area contributed by atoms with Crippen molar-refractivity contribution in [1.29, 1.82) is 0 Å². The van der Waals surface area contributed by atoms with Crippen LogP contribution in [0.5, 0.6) is 0 Å². The van der Waals surface area contributed by atoms with Crippen LogP contribution in [-0.2, 0) is 16.1 Å². The first kappa shape index (κ1) is 15.4. The maximum atomic E-state index is 8.94. The first-order valence-corrected chi connectivity index (χ1v) is 6.14. The van der Waals surface area contributed by atoms with Gasteiger partial charge in [0.05, 0.1) is 12.3 Å². The van der Waals surface area contributed by atoms with Gasteiger partial charge in [-0.05, 0) is 30.4 Å². The molecule has 1 aliphatic carbocycles. The van der Waals surface area contributed by atoms with E-state index in [1.54, 1.807) is 17.5 Å². The van der Waals surface area contributed by atoms with E-state index in [9.17, 15) is 0 Å². The normalized spacial score (nSPS) is 13.3. The Labute approximate surface area is 113 Å². The van der Waals surface area contributed by atoms with Crippen LogP contribution in [0.25, 0.3) is 0 Å². The van der Waals surface area contributed by atoms with E-state index < -0.39 is 0 Å². The van der Waals surface area contributed by atoms with Gasteiger partial charge in [0.2, 0.25) is 6.41 Å². The molecule has 1 amide bonds. The number of nitrogens with two attached hydrogens (primary N) is 2. The van der Waals surface area contributed by atoms with Gasteiger partial charge < -0.3 is 9.75 Å². The summed E-state index contributed by atoms with van der Waals surface area (Å²) in [5.41, 5.74) is 5.47. The molecule has 106 valence electrons. The lowest BCUT2D eigenvalue weighted by atomic mass is 10.0. The zero-order valence-corrected chi connectivity index (χ0v) is 11.4. The van der Waals surface area contributed by atoms with E-state index in [1.165, 1.54) is 24.0 Å². The molecule has 2 rings (SSSR count).